The number of amides is 1. The van der Waals surface area contributed by atoms with Gasteiger partial charge in [-0.25, -0.2) is 9.18 Å². The average Bonchev–Trinajstić information content (AvgIpc) is 2.35. The third-order valence-electron chi connectivity index (χ3n) is 2.09. The smallest absolute Gasteiger partial charge is 0.331 e. The molecule has 1 aromatic rings. The molecular formula is C12H14FNO4. The predicted molar refractivity (Wildman–Crippen MR) is 61.5 cm³/mol. The first-order chi connectivity index (χ1) is 8.52. The van der Waals surface area contributed by atoms with E-state index in [1.165, 1.54) is 38.3 Å². The van der Waals surface area contributed by atoms with Gasteiger partial charge in [-0.2, -0.15) is 0 Å². The lowest BCUT2D eigenvalue weighted by Crippen LogP contribution is -2.44. The number of hydrogen-bond donors (Lipinski definition) is 1. The Morgan fingerprint density at radius 2 is 1.94 bits per heavy atom. The number of benzene rings is 1. The zero-order chi connectivity index (χ0) is 13.5. The van der Waals surface area contributed by atoms with Crippen molar-refractivity contribution in [2.24, 2.45) is 0 Å². The Balaban J connectivity index is 2.58. The van der Waals surface area contributed by atoms with Gasteiger partial charge in [-0.3, -0.25) is 4.79 Å². The SMILES string of the molecule is COC(=O)C(COc1ccc(F)cc1)NC(C)=O. The monoisotopic (exact) mass is 255 g/mol. The van der Waals surface area contributed by atoms with Crippen LogP contribution in [0.4, 0.5) is 4.39 Å². The highest BCUT2D eigenvalue weighted by atomic mass is 19.1. The number of carbonyl (C=O) groups excluding carboxylic acids is 2. The summed E-state index contributed by atoms with van der Waals surface area (Å²) < 4.78 is 22.4. The third kappa shape index (κ3) is 4.40. The molecule has 1 N–H and O–H groups in total. The molecule has 1 atom stereocenters. The van der Waals surface area contributed by atoms with Crippen molar-refractivity contribution in [3.05, 3.63) is 30.1 Å². The van der Waals surface area contributed by atoms with Gasteiger partial charge in [0.2, 0.25) is 5.91 Å². The van der Waals surface area contributed by atoms with Crippen LogP contribution in [0.5, 0.6) is 5.75 Å². The maximum Gasteiger partial charge on any atom is 0.331 e. The van der Waals surface area contributed by atoms with E-state index >= 15 is 0 Å². The summed E-state index contributed by atoms with van der Waals surface area (Å²) in [5.74, 6) is -0.954. The normalized spacial score (nSPS) is 11.5. The quantitative estimate of drug-likeness (QED) is 0.793. The van der Waals surface area contributed by atoms with Gasteiger partial charge in [0.1, 0.15) is 18.2 Å². The van der Waals surface area contributed by atoms with E-state index in [9.17, 15) is 14.0 Å². The van der Waals surface area contributed by atoms with Gasteiger partial charge in [0, 0.05) is 6.92 Å². The average molecular weight is 255 g/mol. The molecule has 5 nitrogen and oxygen atoms in total. The predicted octanol–water partition coefficient (Wildman–Crippen LogP) is 0.882. The summed E-state index contributed by atoms with van der Waals surface area (Å²) in [7, 11) is 1.22. The molecule has 0 saturated carbocycles. The van der Waals surface area contributed by atoms with E-state index in [-0.39, 0.29) is 18.3 Å². The highest BCUT2D eigenvalue weighted by molar-refractivity contribution is 5.83. The van der Waals surface area contributed by atoms with Crippen LogP contribution in [-0.2, 0) is 14.3 Å². The highest BCUT2D eigenvalue weighted by Crippen LogP contribution is 2.11. The molecule has 0 aromatic heterocycles. The van der Waals surface area contributed by atoms with Gasteiger partial charge in [0.15, 0.2) is 6.04 Å². The van der Waals surface area contributed by atoms with Crippen molar-refractivity contribution in [2.75, 3.05) is 13.7 Å². The molecular weight excluding hydrogens is 241 g/mol. The lowest BCUT2D eigenvalue weighted by atomic mass is 10.3. The molecule has 1 rings (SSSR count). The number of esters is 1. The molecule has 0 saturated heterocycles. The summed E-state index contributed by atoms with van der Waals surface area (Å²) in [6, 6.07) is 4.44. The highest BCUT2D eigenvalue weighted by Gasteiger charge is 2.20. The van der Waals surface area contributed by atoms with Gasteiger partial charge in [-0.05, 0) is 24.3 Å². The second kappa shape index (κ2) is 6.58. The summed E-state index contributed by atoms with van der Waals surface area (Å²) in [6.45, 7) is 1.20. The van der Waals surface area contributed by atoms with Crippen LogP contribution in [0.15, 0.2) is 24.3 Å². The van der Waals surface area contributed by atoms with Crippen LogP contribution in [0.1, 0.15) is 6.92 Å². The molecule has 0 spiro atoms. The number of nitrogens with one attached hydrogen (secondary N) is 1. The number of carbonyl (C=O) groups is 2. The van der Waals surface area contributed by atoms with Gasteiger partial charge in [-0.15, -0.1) is 0 Å². The van der Waals surface area contributed by atoms with E-state index < -0.39 is 12.0 Å². The first-order valence-electron chi connectivity index (χ1n) is 5.26. The molecule has 1 aromatic carbocycles. The molecule has 1 unspecified atom stereocenters. The third-order valence-corrected chi connectivity index (χ3v) is 2.09. The van der Waals surface area contributed by atoms with E-state index in [1.807, 2.05) is 0 Å². The summed E-state index contributed by atoms with van der Waals surface area (Å²) in [4.78, 5) is 22.3. The van der Waals surface area contributed by atoms with Gasteiger partial charge >= 0.3 is 5.97 Å². The Morgan fingerprint density at radius 1 is 1.33 bits per heavy atom. The fraction of sp³-hybridized carbons (Fsp3) is 0.333. The maximum absolute atomic E-state index is 12.7. The molecule has 18 heavy (non-hydrogen) atoms. The Hall–Kier alpha value is -2.11. The van der Waals surface area contributed by atoms with Gasteiger partial charge < -0.3 is 14.8 Å². The van der Waals surface area contributed by atoms with Crippen molar-refractivity contribution in [2.45, 2.75) is 13.0 Å². The van der Waals surface area contributed by atoms with Gasteiger partial charge in [0.25, 0.3) is 0 Å². The number of rotatable bonds is 5. The molecule has 6 heteroatoms. The Morgan fingerprint density at radius 3 is 2.44 bits per heavy atom. The summed E-state index contributed by atoms with van der Waals surface area (Å²) in [5, 5.41) is 2.40. The van der Waals surface area contributed by atoms with Crippen LogP contribution in [0, 0.1) is 5.82 Å². The summed E-state index contributed by atoms with van der Waals surface area (Å²) in [6.07, 6.45) is 0. The molecule has 0 aliphatic heterocycles. The van der Waals surface area contributed by atoms with Gasteiger partial charge in [0.05, 0.1) is 7.11 Å². The Labute approximate surface area is 104 Å². The molecule has 98 valence electrons. The molecule has 0 radical (unpaired) electrons. The minimum absolute atomic E-state index is 0.0854. The lowest BCUT2D eigenvalue weighted by molar-refractivity contribution is -0.145. The molecule has 0 fully saturated rings. The first-order valence-corrected chi connectivity index (χ1v) is 5.26. The zero-order valence-electron chi connectivity index (χ0n) is 10.1. The molecule has 0 heterocycles. The number of ether oxygens (including phenoxy) is 2. The van der Waals surface area contributed by atoms with E-state index in [4.69, 9.17) is 4.74 Å². The minimum atomic E-state index is -0.891. The molecule has 0 aliphatic carbocycles. The van der Waals surface area contributed by atoms with Crippen LogP contribution in [0.3, 0.4) is 0 Å². The van der Waals surface area contributed by atoms with Crippen LogP contribution < -0.4 is 10.1 Å². The lowest BCUT2D eigenvalue weighted by Gasteiger charge is -2.16. The van der Waals surface area contributed by atoms with Crippen LogP contribution in [-0.4, -0.2) is 31.6 Å². The maximum atomic E-state index is 12.7. The van der Waals surface area contributed by atoms with Crippen molar-refractivity contribution in [1.82, 2.24) is 5.32 Å². The fourth-order valence-corrected chi connectivity index (χ4v) is 1.27. The van der Waals surface area contributed by atoms with Gasteiger partial charge in [-0.1, -0.05) is 0 Å². The largest absolute Gasteiger partial charge is 0.491 e. The fourth-order valence-electron chi connectivity index (χ4n) is 1.27. The summed E-state index contributed by atoms with van der Waals surface area (Å²) >= 11 is 0. The Kier molecular flexibility index (Phi) is 5.10. The van der Waals surface area contributed by atoms with E-state index in [0.717, 1.165) is 0 Å². The van der Waals surface area contributed by atoms with Crippen LogP contribution in [0.2, 0.25) is 0 Å². The number of halogens is 1. The van der Waals surface area contributed by atoms with E-state index in [2.05, 4.69) is 10.1 Å². The Bertz CT molecular complexity index is 419. The molecule has 1 amide bonds. The number of hydrogen-bond acceptors (Lipinski definition) is 4. The van der Waals surface area contributed by atoms with Crippen LogP contribution in [0.25, 0.3) is 0 Å². The van der Waals surface area contributed by atoms with Crippen molar-refractivity contribution in [1.29, 1.82) is 0 Å². The van der Waals surface area contributed by atoms with Crippen molar-refractivity contribution >= 4 is 11.9 Å². The topological polar surface area (TPSA) is 64.6 Å². The standard InChI is InChI=1S/C12H14FNO4/c1-8(15)14-11(12(16)17-2)7-18-10-5-3-9(13)4-6-10/h3-6,11H,7H2,1-2H3,(H,14,15). The van der Waals surface area contributed by atoms with Crippen molar-refractivity contribution in [3.8, 4) is 5.75 Å². The van der Waals surface area contributed by atoms with Crippen molar-refractivity contribution < 1.29 is 23.5 Å². The second-order valence-corrected chi connectivity index (χ2v) is 3.54. The summed E-state index contributed by atoms with van der Waals surface area (Å²) in [5.41, 5.74) is 0. The van der Waals surface area contributed by atoms with E-state index in [1.54, 1.807) is 0 Å². The molecule has 0 bridgehead atoms. The number of methoxy groups -OCH3 is 1. The van der Waals surface area contributed by atoms with Crippen LogP contribution >= 0.6 is 0 Å². The van der Waals surface area contributed by atoms with E-state index in [0.29, 0.717) is 5.75 Å². The molecule has 0 aliphatic rings. The second-order valence-electron chi connectivity index (χ2n) is 3.54. The zero-order valence-corrected chi connectivity index (χ0v) is 10.1. The van der Waals surface area contributed by atoms with Crippen molar-refractivity contribution in [3.63, 3.8) is 0 Å². The minimum Gasteiger partial charge on any atom is -0.491 e. The first kappa shape index (κ1) is 14.0.